The maximum Gasteiger partial charge on any atom is 0.250 e. The van der Waals surface area contributed by atoms with E-state index in [-0.39, 0.29) is 16.8 Å². The van der Waals surface area contributed by atoms with Crippen LogP contribution in [0.25, 0.3) is 0 Å². The van der Waals surface area contributed by atoms with Crippen LogP contribution in [0.4, 0.5) is 0 Å². The van der Waals surface area contributed by atoms with Gasteiger partial charge in [0.25, 0.3) is 8.32 Å². The molecule has 45 heavy (non-hydrogen) atoms. The van der Waals surface area contributed by atoms with E-state index in [4.69, 9.17) is 32.4 Å². The summed E-state index contributed by atoms with van der Waals surface area (Å²) in [6, 6.07) is 8.74. The first-order valence-electron chi connectivity index (χ1n) is 16.4. The van der Waals surface area contributed by atoms with Gasteiger partial charge in [0.05, 0.1) is 32.9 Å². The van der Waals surface area contributed by atoms with Gasteiger partial charge in [0.1, 0.15) is 11.9 Å². The van der Waals surface area contributed by atoms with Crippen molar-refractivity contribution in [2.45, 2.75) is 112 Å². The number of nitrogens with zero attached hydrogens (tertiary/aromatic N) is 2. The highest BCUT2D eigenvalue weighted by atomic mass is 35.5. The topological polar surface area (TPSA) is 79.3 Å². The average molecular weight is 694 g/mol. The smallest absolute Gasteiger partial charge is 0.250 e. The Labute approximate surface area is 279 Å². The minimum absolute atomic E-state index is 0.0132. The lowest BCUT2D eigenvalue weighted by Gasteiger charge is -2.64. The summed E-state index contributed by atoms with van der Waals surface area (Å²) in [6.07, 6.45) is 4.50. The fourth-order valence-electron chi connectivity index (χ4n) is 8.47. The van der Waals surface area contributed by atoms with Crippen LogP contribution in [0, 0.1) is 5.92 Å². The Morgan fingerprint density at radius 2 is 1.84 bits per heavy atom. The summed E-state index contributed by atoms with van der Waals surface area (Å²) < 4.78 is 43.5. The molecule has 2 bridgehead atoms. The Balaban J connectivity index is 1.31. The van der Waals surface area contributed by atoms with Gasteiger partial charge in [0.15, 0.2) is 5.75 Å². The summed E-state index contributed by atoms with van der Waals surface area (Å²) in [5.41, 5.74) is 1.10. The molecular formula is C34H46Cl2N2O5SSi. The largest absolute Gasteiger partial charge is 0.541 e. The zero-order chi connectivity index (χ0) is 32.3. The number of hydrogen-bond donors (Lipinski definition) is 1. The first kappa shape index (κ1) is 32.2. The van der Waals surface area contributed by atoms with Crippen molar-refractivity contribution < 1.29 is 22.7 Å². The van der Waals surface area contributed by atoms with E-state index >= 15 is 0 Å². The van der Waals surface area contributed by atoms with Crippen molar-refractivity contribution in [2.24, 2.45) is 5.92 Å². The first-order chi connectivity index (χ1) is 21.0. The Hall–Kier alpha value is -1.33. The van der Waals surface area contributed by atoms with E-state index in [0.29, 0.717) is 34.4 Å². The molecule has 5 aliphatic rings. The van der Waals surface area contributed by atoms with Crippen LogP contribution in [0.1, 0.15) is 69.6 Å². The molecule has 1 saturated heterocycles. The monoisotopic (exact) mass is 692 g/mol. The molecule has 5 atom stereocenters. The van der Waals surface area contributed by atoms with Crippen LogP contribution in [0.5, 0.6) is 11.5 Å². The number of sulfonamides is 1. The molecule has 2 heterocycles. The molecule has 1 spiro atoms. The third-order valence-electron chi connectivity index (χ3n) is 12.1. The van der Waals surface area contributed by atoms with E-state index in [1.54, 1.807) is 25.2 Å². The van der Waals surface area contributed by atoms with Gasteiger partial charge in [-0.15, -0.1) is 0 Å². The van der Waals surface area contributed by atoms with Crippen LogP contribution in [-0.4, -0.2) is 75.0 Å². The predicted molar refractivity (Wildman–Crippen MR) is 182 cm³/mol. The van der Waals surface area contributed by atoms with Gasteiger partial charge in [-0.05, 0) is 98.4 Å². The number of ether oxygens (including phenoxy) is 1. The Morgan fingerprint density at radius 3 is 2.51 bits per heavy atom. The number of hydrogen-bond acceptors (Lipinski definition) is 6. The van der Waals surface area contributed by atoms with E-state index < -0.39 is 41.5 Å². The Bertz CT molecular complexity index is 1640. The molecular weight excluding hydrogens is 647 g/mol. The summed E-state index contributed by atoms with van der Waals surface area (Å²) >= 11 is 12.4. The second-order valence-electron chi connectivity index (χ2n) is 15.8. The van der Waals surface area contributed by atoms with Crippen LogP contribution in [-0.2, 0) is 27.6 Å². The van der Waals surface area contributed by atoms with Crippen molar-refractivity contribution in [1.29, 1.82) is 0 Å². The van der Waals surface area contributed by atoms with Crippen LogP contribution in [0.15, 0.2) is 30.3 Å². The Morgan fingerprint density at radius 1 is 1.11 bits per heavy atom. The van der Waals surface area contributed by atoms with Crippen LogP contribution in [0.2, 0.25) is 28.2 Å². The molecule has 7 rings (SSSR count). The first-order valence-corrected chi connectivity index (χ1v) is 21.6. The number of aliphatic hydroxyl groups is 1. The highest BCUT2D eigenvalue weighted by Crippen LogP contribution is 2.66. The third-order valence-corrected chi connectivity index (χ3v) is 19.1. The molecule has 11 heteroatoms. The molecule has 0 unspecified atom stereocenters. The average Bonchev–Trinajstić information content (AvgIpc) is 3.69. The van der Waals surface area contributed by atoms with Gasteiger partial charge in [-0.3, -0.25) is 4.90 Å². The minimum atomic E-state index is -3.77. The number of halogens is 2. The van der Waals surface area contributed by atoms with Crippen molar-refractivity contribution >= 4 is 41.5 Å². The minimum Gasteiger partial charge on any atom is -0.541 e. The van der Waals surface area contributed by atoms with E-state index in [0.717, 1.165) is 43.0 Å². The summed E-state index contributed by atoms with van der Waals surface area (Å²) in [4.78, 5) is 2.53. The molecule has 0 aromatic heterocycles. The highest BCUT2D eigenvalue weighted by molar-refractivity contribution is 7.88. The fraction of sp³-hybridized carbons (Fsp3) is 0.647. The SMILES string of the molecule is CN([C@H]1CC[C@@]2(O)[C@@H]3Cc4ccc(O[Si](C)(C)C(C)(C)C)c5c4[C@@]2(CCN3CC2CC2)[C@H]1O5)S(=O)(=O)Cc1ccc(Cl)c(Cl)c1. The van der Waals surface area contributed by atoms with E-state index in [1.807, 2.05) is 0 Å². The van der Waals surface area contributed by atoms with Crippen molar-refractivity contribution in [1.82, 2.24) is 9.21 Å². The third kappa shape index (κ3) is 4.93. The summed E-state index contributed by atoms with van der Waals surface area (Å²) in [5, 5.41) is 13.7. The molecule has 3 aliphatic carbocycles. The Kier molecular flexibility index (Phi) is 7.58. The van der Waals surface area contributed by atoms with E-state index in [1.165, 1.54) is 22.7 Å². The van der Waals surface area contributed by atoms with Gasteiger partial charge < -0.3 is 14.3 Å². The number of benzene rings is 2. The lowest BCUT2D eigenvalue weighted by atomic mass is 9.48. The van der Waals surface area contributed by atoms with E-state index in [9.17, 15) is 13.5 Å². The number of likely N-dealkylation sites (N-methyl/N-ethyl adjacent to an activating group) is 1. The predicted octanol–water partition coefficient (Wildman–Crippen LogP) is 6.77. The van der Waals surface area contributed by atoms with Crippen molar-refractivity contribution in [2.75, 3.05) is 20.1 Å². The lowest BCUT2D eigenvalue weighted by Crippen LogP contribution is -2.78. The summed E-state index contributed by atoms with van der Waals surface area (Å²) in [6.45, 7) is 13.0. The molecule has 0 radical (unpaired) electrons. The highest BCUT2D eigenvalue weighted by Gasteiger charge is 2.73. The second-order valence-corrected chi connectivity index (χ2v) is 23.3. The maximum atomic E-state index is 14.0. The van der Waals surface area contributed by atoms with Gasteiger partial charge in [-0.25, -0.2) is 8.42 Å². The molecule has 2 aliphatic heterocycles. The summed E-state index contributed by atoms with van der Waals surface area (Å²) in [7, 11) is -4.33. The maximum absolute atomic E-state index is 14.0. The van der Waals surface area contributed by atoms with Crippen LogP contribution < -0.4 is 9.16 Å². The van der Waals surface area contributed by atoms with Gasteiger partial charge in [-0.1, -0.05) is 56.1 Å². The van der Waals surface area contributed by atoms with Crippen LogP contribution >= 0.6 is 23.2 Å². The molecule has 0 amide bonds. The molecule has 2 aromatic rings. The zero-order valence-electron chi connectivity index (χ0n) is 27.2. The van der Waals surface area contributed by atoms with Gasteiger partial charge in [-0.2, -0.15) is 4.31 Å². The van der Waals surface area contributed by atoms with Crippen molar-refractivity contribution in [3.63, 3.8) is 0 Å². The van der Waals surface area contributed by atoms with Crippen LogP contribution in [0.3, 0.4) is 0 Å². The molecule has 7 nitrogen and oxygen atoms in total. The molecule has 1 N–H and O–H groups in total. The summed E-state index contributed by atoms with van der Waals surface area (Å²) in [5.74, 6) is 1.96. The number of piperidine rings is 1. The molecule has 2 aromatic carbocycles. The van der Waals surface area contributed by atoms with Gasteiger partial charge in [0.2, 0.25) is 10.0 Å². The molecule has 2 saturated carbocycles. The van der Waals surface area contributed by atoms with Gasteiger partial charge >= 0.3 is 0 Å². The standard InChI is InChI=1S/C34H46Cl2N2O5SSi/c1-32(2,3)45(5,6)43-27-12-10-23-18-28-34(39)14-13-26(37(4)44(40,41)20-22-9-11-24(35)25(36)17-22)31-33(34,29(23)30(27)42-31)15-16-38(28)19-21-7-8-21/h9-12,17,21,26,28,31,39H,7-8,13-16,18-20H2,1-6H3/t26-,28-,31-,33-,34+/m0/s1. The van der Waals surface area contributed by atoms with Crippen molar-refractivity contribution in [3.8, 4) is 11.5 Å². The quantitative estimate of drug-likeness (QED) is 0.308. The van der Waals surface area contributed by atoms with E-state index in [2.05, 4.69) is 50.9 Å². The van der Waals surface area contributed by atoms with Crippen molar-refractivity contribution in [3.05, 3.63) is 57.1 Å². The molecule has 246 valence electrons. The normalized spacial score (nSPS) is 31.1. The fourth-order valence-corrected chi connectivity index (χ4v) is 11.2. The zero-order valence-corrected chi connectivity index (χ0v) is 30.5. The number of likely N-dealkylation sites (tertiary alicyclic amines) is 1. The number of rotatable bonds is 8. The van der Waals surface area contributed by atoms with Gasteiger partial charge in [0, 0.05) is 25.2 Å². The lowest BCUT2D eigenvalue weighted by molar-refractivity contribution is -0.195. The second kappa shape index (κ2) is 10.6. The molecule has 3 fully saturated rings.